The Balaban J connectivity index is 1.64. The van der Waals surface area contributed by atoms with Gasteiger partial charge in [0.15, 0.2) is 29.2 Å². The molecular formula is C24H18NO8+. The third-order valence-corrected chi connectivity index (χ3v) is 7.57. The first kappa shape index (κ1) is 18.6. The number of benzene rings is 2. The number of ether oxygens (including phenoxy) is 4. The fraction of sp³-hybridized carbons (Fsp3) is 0.292. The molecule has 8 rings (SSSR count). The Morgan fingerprint density at radius 3 is 2.45 bits per heavy atom. The van der Waals surface area contributed by atoms with E-state index in [4.69, 9.17) is 18.9 Å². The molecule has 33 heavy (non-hydrogen) atoms. The summed E-state index contributed by atoms with van der Waals surface area (Å²) in [5.74, 6) is -2.47. The van der Waals surface area contributed by atoms with Gasteiger partial charge in [-0.05, 0) is 36.1 Å². The summed E-state index contributed by atoms with van der Waals surface area (Å²) in [5, 5.41) is 22.2. The Morgan fingerprint density at radius 2 is 1.70 bits per heavy atom. The Morgan fingerprint density at radius 1 is 0.970 bits per heavy atom. The molecule has 0 fully saturated rings. The van der Waals surface area contributed by atoms with E-state index in [2.05, 4.69) is 0 Å². The van der Waals surface area contributed by atoms with Gasteiger partial charge in [0.1, 0.15) is 5.92 Å². The minimum atomic E-state index is -1.19. The first-order valence-electron chi connectivity index (χ1n) is 10.6. The molecule has 0 unspecified atom stereocenters. The van der Waals surface area contributed by atoms with Crippen LogP contribution < -0.4 is 23.5 Å². The normalized spacial score (nSPS) is 27.4. The van der Waals surface area contributed by atoms with Gasteiger partial charge in [0, 0.05) is 6.07 Å². The van der Waals surface area contributed by atoms with Crippen molar-refractivity contribution in [2.45, 2.75) is 18.4 Å². The van der Waals surface area contributed by atoms with Gasteiger partial charge in [-0.1, -0.05) is 6.07 Å². The number of rotatable bonds is 2. The van der Waals surface area contributed by atoms with Gasteiger partial charge >= 0.3 is 11.9 Å². The van der Waals surface area contributed by atoms with Gasteiger partial charge in [0.2, 0.25) is 25.3 Å². The summed E-state index contributed by atoms with van der Waals surface area (Å²) in [5.41, 5.74) is 0.994. The maximum absolute atomic E-state index is 12.7. The Hall–Kier alpha value is -4.01. The molecule has 5 aliphatic rings. The molecule has 0 saturated carbocycles. The molecule has 2 N–H and O–H groups in total. The summed E-state index contributed by atoms with van der Waals surface area (Å²) < 4.78 is 24.3. The number of aliphatic carboxylic acids is 2. The Bertz CT molecular complexity index is 1430. The van der Waals surface area contributed by atoms with Crippen molar-refractivity contribution < 1.29 is 43.3 Å². The molecule has 1 aliphatic carbocycles. The first-order chi connectivity index (χ1) is 15.9. The molecule has 5 heterocycles. The van der Waals surface area contributed by atoms with Crippen LogP contribution in [0.15, 0.2) is 36.5 Å². The van der Waals surface area contributed by atoms with Gasteiger partial charge in [0.05, 0.1) is 22.3 Å². The van der Waals surface area contributed by atoms with Crippen molar-refractivity contribution in [2.24, 2.45) is 11.8 Å². The lowest BCUT2D eigenvalue weighted by molar-refractivity contribution is -0.739. The third-order valence-electron chi connectivity index (χ3n) is 7.57. The van der Waals surface area contributed by atoms with Crippen molar-refractivity contribution in [1.29, 1.82) is 0 Å². The quantitative estimate of drug-likeness (QED) is 0.574. The van der Waals surface area contributed by atoms with Gasteiger partial charge < -0.3 is 29.2 Å². The van der Waals surface area contributed by atoms with Crippen LogP contribution in [-0.4, -0.2) is 35.7 Å². The summed E-state index contributed by atoms with van der Waals surface area (Å²) >= 11 is 0. The van der Waals surface area contributed by atoms with E-state index in [0.717, 1.165) is 22.0 Å². The van der Waals surface area contributed by atoms with E-state index in [1.54, 1.807) is 6.07 Å². The molecule has 1 aromatic heterocycles. The van der Waals surface area contributed by atoms with Crippen molar-refractivity contribution in [1.82, 2.24) is 0 Å². The van der Waals surface area contributed by atoms with Crippen LogP contribution in [0.1, 0.15) is 29.8 Å². The van der Waals surface area contributed by atoms with E-state index in [0.29, 0.717) is 28.6 Å². The van der Waals surface area contributed by atoms with Crippen molar-refractivity contribution in [3.8, 4) is 23.0 Å². The predicted octanol–water partition coefficient (Wildman–Crippen LogP) is 2.21. The zero-order valence-electron chi connectivity index (χ0n) is 17.4. The second kappa shape index (κ2) is 5.86. The zero-order valence-corrected chi connectivity index (χ0v) is 17.4. The van der Waals surface area contributed by atoms with Crippen LogP contribution in [0.5, 0.6) is 23.0 Å². The largest absolute Gasteiger partial charge is 0.481 e. The molecule has 3 aromatic rings. The number of aromatic nitrogens is 1. The highest BCUT2D eigenvalue weighted by molar-refractivity contribution is 5.92. The van der Waals surface area contributed by atoms with Crippen LogP contribution in [-0.2, 0) is 15.0 Å². The highest BCUT2D eigenvalue weighted by Crippen LogP contribution is 2.60. The molecule has 0 spiro atoms. The fourth-order valence-corrected chi connectivity index (χ4v) is 6.35. The molecule has 9 nitrogen and oxygen atoms in total. The smallest absolute Gasteiger partial charge is 0.314 e. The van der Waals surface area contributed by atoms with Crippen molar-refractivity contribution in [3.63, 3.8) is 0 Å². The van der Waals surface area contributed by atoms with E-state index >= 15 is 0 Å². The van der Waals surface area contributed by atoms with E-state index in [1.165, 1.54) is 0 Å². The molecule has 9 heteroatoms. The minimum Gasteiger partial charge on any atom is -0.481 e. The maximum atomic E-state index is 12.7. The number of carboxylic acids is 2. The van der Waals surface area contributed by atoms with Gasteiger partial charge in [0.25, 0.3) is 0 Å². The lowest BCUT2D eigenvalue weighted by Gasteiger charge is -2.49. The minimum absolute atomic E-state index is 0.0358. The van der Waals surface area contributed by atoms with E-state index in [9.17, 15) is 19.8 Å². The second-order valence-electron chi connectivity index (χ2n) is 8.95. The molecule has 2 aromatic carbocycles. The molecule has 0 saturated heterocycles. The van der Waals surface area contributed by atoms with E-state index < -0.39 is 35.2 Å². The topological polar surface area (TPSA) is 115 Å². The average Bonchev–Trinajstić information content (AvgIpc) is 3.45. The third kappa shape index (κ3) is 2.05. The van der Waals surface area contributed by atoms with Gasteiger partial charge in [-0.3, -0.25) is 9.59 Å². The van der Waals surface area contributed by atoms with Crippen LogP contribution in [0.25, 0.3) is 10.8 Å². The Kier molecular flexibility index (Phi) is 3.29. The lowest BCUT2D eigenvalue weighted by atomic mass is 9.53. The van der Waals surface area contributed by atoms with Crippen LogP contribution in [0.3, 0.4) is 0 Å². The fourth-order valence-electron chi connectivity index (χ4n) is 6.35. The molecule has 0 radical (unpaired) electrons. The van der Waals surface area contributed by atoms with Gasteiger partial charge in [-0.15, -0.1) is 0 Å². The highest BCUT2D eigenvalue weighted by atomic mass is 16.7. The van der Waals surface area contributed by atoms with Crippen molar-refractivity contribution in [3.05, 3.63) is 53.3 Å². The summed E-state index contributed by atoms with van der Waals surface area (Å²) in [6.45, 7) is 1.97. The summed E-state index contributed by atoms with van der Waals surface area (Å²) in [6, 6.07) is 8.46. The zero-order chi connectivity index (χ0) is 22.6. The second-order valence-corrected chi connectivity index (χ2v) is 8.95. The highest BCUT2D eigenvalue weighted by Gasteiger charge is 2.69. The SMILES string of the molecule is C[C@]12c3ccc4c(c3[C@H]([C@H](C(=O)O)[C@H]1C(=O)O)[n+]1ccc3cc5c(cc3c12)OCO5)OCO4. The van der Waals surface area contributed by atoms with Crippen molar-refractivity contribution in [2.75, 3.05) is 13.6 Å². The molecule has 0 amide bonds. The van der Waals surface area contributed by atoms with Gasteiger partial charge in [-0.2, -0.15) is 4.57 Å². The van der Waals surface area contributed by atoms with Crippen LogP contribution in [0.4, 0.5) is 0 Å². The van der Waals surface area contributed by atoms with Gasteiger partial charge in [-0.25, -0.2) is 0 Å². The molecule has 2 bridgehead atoms. The maximum Gasteiger partial charge on any atom is 0.314 e. The van der Waals surface area contributed by atoms with Crippen LogP contribution in [0.2, 0.25) is 0 Å². The number of pyridine rings is 1. The van der Waals surface area contributed by atoms with Crippen LogP contribution >= 0.6 is 0 Å². The summed E-state index contributed by atoms with van der Waals surface area (Å²) in [4.78, 5) is 25.2. The summed E-state index contributed by atoms with van der Waals surface area (Å²) in [7, 11) is 0. The predicted molar refractivity (Wildman–Crippen MR) is 110 cm³/mol. The first-order valence-corrected chi connectivity index (χ1v) is 10.6. The Labute approximate surface area is 186 Å². The lowest BCUT2D eigenvalue weighted by Crippen LogP contribution is -2.68. The average molecular weight is 448 g/mol. The van der Waals surface area contributed by atoms with Crippen molar-refractivity contribution >= 4 is 22.7 Å². The number of fused-ring (bicyclic) bond motifs is 4. The molecule has 166 valence electrons. The molecule has 4 aliphatic heterocycles. The van der Waals surface area contributed by atoms with E-state index in [1.807, 2.05) is 42.0 Å². The standard InChI is InChI=1S/C24H17NO8/c1-24-12-2-3-13-20(33-9-30-13)16(12)19(17(22(26)27)18(24)23(28)29)25-5-4-10-6-14-15(32-8-31-14)7-11(10)21(24)25/h2-7,17-19H,8-9H2,1H3,(H-,26,27,28,29)/p+1/t17-,18+,19-,24+/m1/s1. The molecule has 4 atom stereocenters. The number of carboxylic acid groups (broad SMARTS) is 2. The monoisotopic (exact) mass is 448 g/mol. The van der Waals surface area contributed by atoms with E-state index in [-0.39, 0.29) is 13.6 Å². The number of hydrogen-bond donors (Lipinski definition) is 2. The summed E-state index contributed by atoms with van der Waals surface area (Å²) in [6.07, 6.45) is 1.83. The number of carbonyl (C=O) groups is 2. The number of hydrogen-bond acceptors (Lipinski definition) is 6. The van der Waals surface area contributed by atoms with Crippen LogP contribution in [0, 0.1) is 11.8 Å². The molecular weight excluding hydrogens is 430 g/mol. The number of nitrogens with zero attached hydrogens (tertiary/aromatic N) is 1.